The second-order valence-corrected chi connectivity index (χ2v) is 3.97. The fraction of sp³-hybridized carbons (Fsp3) is 0.429. The molecule has 0 unspecified atom stereocenters. The van der Waals surface area contributed by atoms with Gasteiger partial charge < -0.3 is 18.7 Å². The first kappa shape index (κ1) is 17.4. The largest absolute Gasteiger partial charge is 0.475 e. The molecular weight excluding hydrogens is 292 g/mol. The van der Waals surface area contributed by atoms with E-state index in [9.17, 15) is 9.59 Å². The van der Waals surface area contributed by atoms with Gasteiger partial charge in [-0.15, -0.1) is 0 Å². The molecule has 2 aromatic rings. The minimum absolute atomic E-state index is 0.100. The number of oxazole rings is 2. The molecule has 0 aliphatic carbocycles. The Balaban J connectivity index is 0.000000224. The van der Waals surface area contributed by atoms with E-state index in [-0.39, 0.29) is 11.5 Å². The van der Waals surface area contributed by atoms with Crippen molar-refractivity contribution in [3.8, 4) is 0 Å². The summed E-state index contributed by atoms with van der Waals surface area (Å²) < 4.78 is 14.6. The number of nitrogens with zero attached hydrogens (tertiary/aromatic N) is 2. The van der Waals surface area contributed by atoms with E-state index < -0.39 is 11.9 Å². The van der Waals surface area contributed by atoms with Gasteiger partial charge in [-0.25, -0.2) is 19.6 Å². The molecule has 8 heteroatoms. The number of esters is 1. The number of aromatic nitrogens is 2. The summed E-state index contributed by atoms with van der Waals surface area (Å²) in [6, 6.07) is 0. The van der Waals surface area contributed by atoms with Crippen molar-refractivity contribution in [1.29, 1.82) is 0 Å². The van der Waals surface area contributed by atoms with Crippen molar-refractivity contribution in [3.05, 3.63) is 35.7 Å². The van der Waals surface area contributed by atoms with Gasteiger partial charge in [0.1, 0.15) is 0 Å². The lowest BCUT2D eigenvalue weighted by molar-refractivity contribution is 0.0487. The van der Waals surface area contributed by atoms with E-state index in [0.717, 1.165) is 0 Å². The Kier molecular flexibility index (Phi) is 6.81. The van der Waals surface area contributed by atoms with Gasteiger partial charge in [0.2, 0.25) is 11.5 Å². The fourth-order valence-corrected chi connectivity index (χ4v) is 1.34. The molecule has 1 N–H and O–H groups in total. The Hall–Kier alpha value is -2.64. The van der Waals surface area contributed by atoms with Gasteiger partial charge in [-0.1, -0.05) is 13.8 Å². The smallest absolute Gasteiger partial charge is 0.375 e. The number of carbonyl (C=O) groups is 2. The summed E-state index contributed by atoms with van der Waals surface area (Å²) in [5.74, 6) is -0.446. The first-order valence-electron chi connectivity index (χ1n) is 6.81. The van der Waals surface area contributed by atoms with Crippen LogP contribution in [0.15, 0.2) is 21.2 Å². The van der Waals surface area contributed by atoms with Crippen LogP contribution in [0.25, 0.3) is 0 Å². The SMILES string of the molecule is CCOC(=O)c1cnc(CC)o1.CCc1ncc(C(=O)O)o1. The number of carboxylic acids is 1. The predicted molar refractivity (Wildman–Crippen MR) is 74.7 cm³/mol. The molecule has 0 radical (unpaired) electrons. The van der Waals surface area contributed by atoms with Gasteiger partial charge in [-0.2, -0.15) is 0 Å². The lowest BCUT2D eigenvalue weighted by Gasteiger charge is -1.95. The molecule has 0 aromatic carbocycles. The second kappa shape index (κ2) is 8.60. The second-order valence-electron chi connectivity index (χ2n) is 3.97. The van der Waals surface area contributed by atoms with Crippen LogP contribution in [0.2, 0.25) is 0 Å². The third-order valence-electron chi connectivity index (χ3n) is 2.40. The third-order valence-corrected chi connectivity index (χ3v) is 2.40. The molecule has 0 saturated carbocycles. The molecular formula is C14H18N2O6. The van der Waals surface area contributed by atoms with Crippen molar-refractivity contribution in [2.75, 3.05) is 6.61 Å². The number of carbonyl (C=O) groups excluding carboxylic acids is 1. The average Bonchev–Trinajstić information content (AvgIpc) is 3.17. The van der Waals surface area contributed by atoms with Crippen LogP contribution >= 0.6 is 0 Å². The van der Waals surface area contributed by atoms with Crippen molar-refractivity contribution in [2.24, 2.45) is 0 Å². The Morgan fingerprint density at radius 1 is 1.05 bits per heavy atom. The molecule has 8 nitrogen and oxygen atoms in total. The number of aromatic carboxylic acids is 1. The first-order chi connectivity index (χ1) is 10.5. The number of aryl methyl sites for hydroxylation is 2. The zero-order valence-corrected chi connectivity index (χ0v) is 12.7. The van der Waals surface area contributed by atoms with Crippen LogP contribution in [0.5, 0.6) is 0 Å². The molecule has 2 rings (SSSR count). The van der Waals surface area contributed by atoms with Crippen molar-refractivity contribution in [2.45, 2.75) is 33.6 Å². The Bertz CT molecular complexity index is 616. The Morgan fingerprint density at radius 2 is 1.55 bits per heavy atom. The van der Waals surface area contributed by atoms with Gasteiger partial charge in [-0.05, 0) is 6.92 Å². The molecule has 0 atom stereocenters. The Labute approximate surface area is 127 Å². The standard InChI is InChI=1S/C8H11NO3.C6H7NO3/c1-3-7-9-5-6(12-7)8(10)11-4-2;1-2-5-7-3-4(10-5)6(8)9/h5H,3-4H2,1-2H3;3H,2H2,1H3,(H,8,9). The van der Waals surface area contributed by atoms with E-state index >= 15 is 0 Å². The highest BCUT2D eigenvalue weighted by Crippen LogP contribution is 2.05. The van der Waals surface area contributed by atoms with E-state index in [2.05, 4.69) is 9.97 Å². The van der Waals surface area contributed by atoms with Crippen LogP contribution in [0.4, 0.5) is 0 Å². The van der Waals surface area contributed by atoms with Crippen molar-refractivity contribution in [3.63, 3.8) is 0 Å². The molecule has 2 aromatic heterocycles. The van der Waals surface area contributed by atoms with Gasteiger partial charge in [0.25, 0.3) is 0 Å². The molecule has 0 aliphatic rings. The van der Waals surface area contributed by atoms with Gasteiger partial charge in [0, 0.05) is 12.8 Å². The van der Waals surface area contributed by atoms with Gasteiger partial charge in [-0.3, -0.25) is 0 Å². The maximum absolute atomic E-state index is 11.0. The fourth-order valence-electron chi connectivity index (χ4n) is 1.34. The maximum Gasteiger partial charge on any atom is 0.375 e. The molecule has 22 heavy (non-hydrogen) atoms. The summed E-state index contributed by atoms with van der Waals surface area (Å²) in [6.45, 7) is 5.84. The summed E-state index contributed by atoms with van der Waals surface area (Å²) >= 11 is 0. The van der Waals surface area contributed by atoms with Crippen LogP contribution in [0.1, 0.15) is 53.7 Å². The highest BCUT2D eigenvalue weighted by Gasteiger charge is 2.11. The molecule has 2 heterocycles. The monoisotopic (exact) mass is 310 g/mol. The zero-order valence-electron chi connectivity index (χ0n) is 12.7. The lowest BCUT2D eigenvalue weighted by atomic mass is 10.5. The number of hydrogen-bond acceptors (Lipinski definition) is 7. The number of hydrogen-bond donors (Lipinski definition) is 1. The van der Waals surface area contributed by atoms with Crippen LogP contribution in [0.3, 0.4) is 0 Å². The number of rotatable bonds is 5. The first-order valence-corrected chi connectivity index (χ1v) is 6.81. The van der Waals surface area contributed by atoms with E-state index in [1.165, 1.54) is 12.4 Å². The van der Waals surface area contributed by atoms with Crippen molar-refractivity contribution >= 4 is 11.9 Å². The average molecular weight is 310 g/mol. The number of carboxylic acid groups (broad SMARTS) is 1. The lowest BCUT2D eigenvalue weighted by Crippen LogP contribution is -2.02. The minimum atomic E-state index is -1.08. The topological polar surface area (TPSA) is 116 Å². The van der Waals surface area contributed by atoms with Crippen LogP contribution < -0.4 is 0 Å². The van der Waals surface area contributed by atoms with Crippen LogP contribution in [-0.4, -0.2) is 33.6 Å². The predicted octanol–water partition coefficient (Wildman–Crippen LogP) is 2.35. The van der Waals surface area contributed by atoms with E-state index in [4.69, 9.17) is 18.7 Å². The summed E-state index contributed by atoms with van der Waals surface area (Å²) in [7, 11) is 0. The van der Waals surface area contributed by atoms with Gasteiger partial charge in [0.15, 0.2) is 11.8 Å². The van der Waals surface area contributed by atoms with Crippen LogP contribution in [0, 0.1) is 0 Å². The summed E-state index contributed by atoms with van der Waals surface area (Å²) in [4.78, 5) is 28.8. The summed E-state index contributed by atoms with van der Waals surface area (Å²) in [5.41, 5.74) is 0. The molecule has 0 saturated heterocycles. The number of ether oxygens (including phenoxy) is 1. The minimum Gasteiger partial charge on any atom is -0.475 e. The summed E-state index contributed by atoms with van der Waals surface area (Å²) in [5, 5.41) is 8.36. The summed E-state index contributed by atoms with van der Waals surface area (Å²) in [6.07, 6.45) is 3.89. The van der Waals surface area contributed by atoms with Crippen molar-refractivity contribution < 1.29 is 28.3 Å². The molecule has 0 amide bonds. The van der Waals surface area contributed by atoms with E-state index in [1.807, 2.05) is 13.8 Å². The highest BCUT2D eigenvalue weighted by molar-refractivity contribution is 5.85. The Morgan fingerprint density at radius 3 is 1.91 bits per heavy atom. The highest BCUT2D eigenvalue weighted by atomic mass is 16.5. The van der Waals surface area contributed by atoms with Gasteiger partial charge in [0.05, 0.1) is 19.0 Å². The quantitative estimate of drug-likeness (QED) is 0.836. The maximum atomic E-state index is 11.0. The van der Waals surface area contributed by atoms with Crippen LogP contribution in [-0.2, 0) is 17.6 Å². The molecule has 120 valence electrons. The third kappa shape index (κ3) is 5.04. The zero-order chi connectivity index (χ0) is 16.5. The van der Waals surface area contributed by atoms with E-state index in [0.29, 0.717) is 31.2 Å². The molecule has 0 spiro atoms. The van der Waals surface area contributed by atoms with Gasteiger partial charge >= 0.3 is 11.9 Å². The van der Waals surface area contributed by atoms with E-state index in [1.54, 1.807) is 6.92 Å². The van der Waals surface area contributed by atoms with Crippen molar-refractivity contribution in [1.82, 2.24) is 9.97 Å². The molecule has 0 aliphatic heterocycles. The molecule has 0 fully saturated rings. The normalized spacial score (nSPS) is 9.77. The molecule has 0 bridgehead atoms.